The first kappa shape index (κ1) is 19.5. The van der Waals surface area contributed by atoms with E-state index >= 15 is 0 Å². The van der Waals surface area contributed by atoms with Gasteiger partial charge in [0.2, 0.25) is 0 Å². The molecule has 0 amide bonds. The minimum absolute atomic E-state index is 0.276. The number of rotatable bonds is 7. The molecule has 1 rings (SSSR count). The lowest BCUT2D eigenvalue weighted by atomic mass is 10.1. The third-order valence-electron chi connectivity index (χ3n) is 3.11. The van der Waals surface area contributed by atoms with Crippen LogP contribution in [0.25, 0.3) is 6.08 Å². The molecule has 0 unspecified atom stereocenters. The fourth-order valence-corrected chi connectivity index (χ4v) is 2.27. The lowest BCUT2D eigenvalue weighted by molar-refractivity contribution is -0.136. The Morgan fingerprint density at radius 3 is 2.57 bits per heavy atom. The monoisotopic (exact) mass is 352 g/mol. The molecule has 0 spiro atoms. The smallest absolute Gasteiger partial charge is 0.331 e. The summed E-state index contributed by atoms with van der Waals surface area (Å²) in [6.45, 7) is 6.48. The zero-order valence-electron chi connectivity index (χ0n) is 13.7. The summed E-state index contributed by atoms with van der Waals surface area (Å²) in [4.78, 5) is 11.7. The summed E-state index contributed by atoms with van der Waals surface area (Å²) in [5, 5.41) is 1.06. The molecule has 2 nitrogen and oxygen atoms in total. The third kappa shape index (κ3) is 8.63. The van der Waals surface area contributed by atoms with Crippen LogP contribution in [-0.2, 0) is 9.53 Å². The summed E-state index contributed by atoms with van der Waals surface area (Å²) in [5.74, 6) is -0.399. The second-order valence-electron chi connectivity index (χ2n) is 5.50. The molecule has 0 N–H and O–H groups in total. The first-order chi connectivity index (χ1) is 10.9. The van der Waals surface area contributed by atoms with Gasteiger partial charge < -0.3 is 4.74 Å². The largest absolute Gasteiger partial charge is 0.458 e. The Kier molecular flexibility index (Phi) is 8.75. The predicted octanol–water partition coefficient (Wildman–Crippen LogP) is 6.24. The van der Waals surface area contributed by atoms with Gasteiger partial charge in [0, 0.05) is 16.1 Å². The molecule has 0 heterocycles. The summed E-state index contributed by atoms with van der Waals surface area (Å²) in [6, 6.07) is 5.10. The number of hydrogen-bond donors (Lipinski definition) is 0. The Bertz CT molecular complexity index is 624. The Balaban J connectivity index is 2.42. The van der Waals surface area contributed by atoms with Crippen molar-refractivity contribution in [1.82, 2.24) is 0 Å². The topological polar surface area (TPSA) is 26.3 Å². The molecule has 4 heteroatoms. The molecule has 0 bridgehead atoms. The molecule has 0 aromatic heterocycles. The van der Waals surface area contributed by atoms with Gasteiger partial charge in [0.1, 0.15) is 6.61 Å². The molecule has 0 radical (unpaired) electrons. The second-order valence-corrected chi connectivity index (χ2v) is 6.34. The molecular weight excluding hydrogens is 331 g/mol. The molecule has 0 atom stereocenters. The summed E-state index contributed by atoms with van der Waals surface area (Å²) < 4.78 is 5.14. The van der Waals surface area contributed by atoms with Crippen molar-refractivity contribution < 1.29 is 9.53 Å². The fraction of sp³-hybridized carbons (Fsp3) is 0.316. The van der Waals surface area contributed by atoms with Crippen LogP contribution < -0.4 is 0 Å². The SMILES string of the molecule is CC(C)=CCC/C(C)=C/COC(=O)/C=C/c1ccc(Cl)cc1Cl. The van der Waals surface area contributed by atoms with Crippen LogP contribution in [0.3, 0.4) is 0 Å². The van der Waals surface area contributed by atoms with Gasteiger partial charge in [-0.15, -0.1) is 0 Å². The molecule has 0 aliphatic rings. The lowest BCUT2D eigenvalue weighted by Crippen LogP contribution is -2.00. The molecule has 124 valence electrons. The van der Waals surface area contributed by atoms with Crippen LogP contribution in [0.2, 0.25) is 10.0 Å². The quantitative estimate of drug-likeness (QED) is 0.329. The van der Waals surface area contributed by atoms with Gasteiger partial charge in [-0.1, -0.05) is 46.5 Å². The van der Waals surface area contributed by atoms with E-state index in [1.807, 2.05) is 13.0 Å². The van der Waals surface area contributed by atoms with Crippen LogP contribution in [0.4, 0.5) is 0 Å². The van der Waals surface area contributed by atoms with Gasteiger partial charge >= 0.3 is 5.97 Å². The van der Waals surface area contributed by atoms with Gasteiger partial charge in [0.15, 0.2) is 0 Å². The number of hydrogen-bond acceptors (Lipinski definition) is 2. The molecule has 1 aromatic rings. The number of ether oxygens (including phenoxy) is 1. The first-order valence-corrected chi connectivity index (χ1v) is 8.23. The van der Waals surface area contributed by atoms with Gasteiger partial charge in [-0.05, 0) is 63.5 Å². The van der Waals surface area contributed by atoms with Crippen molar-refractivity contribution in [3.8, 4) is 0 Å². The van der Waals surface area contributed by atoms with E-state index in [0.717, 1.165) is 18.4 Å². The van der Waals surface area contributed by atoms with E-state index in [1.165, 1.54) is 17.2 Å². The van der Waals surface area contributed by atoms with Crippen molar-refractivity contribution in [1.29, 1.82) is 0 Å². The molecule has 0 aliphatic carbocycles. The highest BCUT2D eigenvalue weighted by atomic mass is 35.5. The maximum atomic E-state index is 11.7. The summed E-state index contributed by atoms with van der Waals surface area (Å²) in [7, 11) is 0. The predicted molar refractivity (Wildman–Crippen MR) is 98.9 cm³/mol. The van der Waals surface area contributed by atoms with E-state index in [2.05, 4.69) is 19.9 Å². The van der Waals surface area contributed by atoms with Crippen molar-refractivity contribution in [3.63, 3.8) is 0 Å². The van der Waals surface area contributed by atoms with Gasteiger partial charge in [-0.3, -0.25) is 0 Å². The standard InChI is InChI=1S/C19H22Cl2O2/c1-14(2)5-4-6-15(3)11-12-23-19(22)10-8-16-7-9-17(20)13-18(16)21/h5,7-11,13H,4,6,12H2,1-3H3/b10-8+,15-11+. The summed E-state index contributed by atoms with van der Waals surface area (Å²) in [5.41, 5.74) is 3.25. The minimum atomic E-state index is -0.399. The molecule has 0 fully saturated rings. The molecule has 0 saturated carbocycles. The van der Waals surface area contributed by atoms with E-state index in [0.29, 0.717) is 10.0 Å². The Morgan fingerprint density at radius 2 is 1.91 bits per heavy atom. The number of esters is 1. The van der Waals surface area contributed by atoms with Gasteiger partial charge in [-0.2, -0.15) is 0 Å². The Morgan fingerprint density at radius 1 is 1.17 bits per heavy atom. The van der Waals surface area contributed by atoms with Crippen LogP contribution in [0.1, 0.15) is 39.2 Å². The molecular formula is C19H22Cl2O2. The van der Waals surface area contributed by atoms with E-state index in [4.69, 9.17) is 27.9 Å². The maximum absolute atomic E-state index is 11.7. The highest BCUT2D eigenvalue weighted by Gasteiger charge is 2.00. The third-order valence-corrected chi connectivity index (χ3v) is 3.67. The minimum Gasteiger partial charge on any atom is -0.458 e. The van der Waals surface area contributed by atoms with Crippen LogP contribution in [0.15, 0.2) is 47.6 Å². The van der Waals surface area contributed by atoms with E-state index < -0.39 is 5.97 Å². The van der Waals surface area contributed by atoms with Crippen LogP contribution >= 0.6 is 23.2 Å². The van der Waals surface area contributed by atoms with E-state index in [9.17, 15) is 4.79 Å². The van der Waals surface area contributed by atoms with Crippen molar-refractivity contribution >= 4 is 35.2 Å². The highest BCUT2D eigenvalue weighted by Crippen LogP contribution is 2.21. The number of benzene rings is 1. The van der Waals surface area contributed by atoms with Gasteiger partial charge in [0.25, 0.3) is 0 Å². The van der Waals surface area contributed by atoms with E-state index in [1.54, 1.807) is 24.3 Å². The summed E-state index contributed by atoms with van der Waals surface area (Å²) >= 11 is 11.8. The van der Waals surface area contributed by atoms with Crippen LogP contribution in [-0.4, -0.2) is 12.6 Å². The molecule has 1 aromatic carbocycles. The van der Waals surface area contributed by atoms with Crippen molar-refractivity contribution in [2.24, 2.45) is 0 Å². The highest BCUT2D eigenvalue weighted by molar-refractivity contribution is 6.35. The number of carbonyl (C=O) groups excluding carboxylic acids is 1. The normalized spacial score (nSPS) is 11.6. The van der Waals surface area contributed by atoms with Crippen molar-refractivity contribution in [3.05, 3.63) is 63.2 Å². The van der Waals surface area contributed by atoms with Gasteiger partial charge in [0.05, 0.1) is 0 Å². The Labute approximate surface area is 148 Å². The van der Waals surface area contributed by atoms with Crippen LogP contribution in [0, 0.1) is 0 Å². The maximum Gasteiger partial charge on any atom is 0.331 e. The average molecular weight is 353 g/mol. The average Bonchev–Trinajstić information content (AvgIpc) is 2.46. The molecule has 0 aliphatic heterocycles. The zero-order chi connectivity index (χ0) is 17.2. The van der Waals surface area contributed by atoms with Gasteiger partial charge in [-0.25, -0.2) is 4.79 Å². The number of carbonyl (C=O) groups is 1. The lowest BCUT2D eigenvalue weighted by Gasteiger charge is -2.01. The molecule has 23 heavy (non-hydrogen) atoms. The summed E-state index contributed by atoms with van der Waals surface area (Å²) in [6.07, 6.45) is 9.09. The zero-order valence-corrected chi connectivity index (χ0v) is 15.2. The Hall–Kier alpha value is -1.51. The van der Waals surface area contributed by atoms with Crippen LogP contribution in [0.5, 0.6) is 0 Å². The second kappa shape index (κ2) is 10.3. The number of halogens is 2. The fourth-order valence-electron chi connectivity index (χ4n) is 1.80. The molecule has 0 saturated heterocycles. The van der Waals surface area contributed by atoms with Crippen molar-refractivity contribution in [2.75, 3.05) is 6.61 Å². The van der Waals surface area contributed by atoms with E-state index in [-0.39, 0.29) is 6.61 Å². The number of allylic oxidation sites excluding steroid dienone is 3. The van der Waals surface area contributed by atoms with Crippen molar-refractivity contribution in [2.45, 2.75) is 33.6 Å². The first-order valence-electron chi connectivity index (χ1n) is 7.47.